The van der Waals surface area contributed by atoms with Gasteiger partial charge in [-0.3, -0.25) is 4.79 Å². The zero-order valence-corrected chi connectivity index (χ0v) is 11.0. The molecule has 0 spiro atoms. The SMILES string of the molecule is CC(O)CCNC(=O)c1cc2cc(N)ccc2s1. The van der Waals surface area contributed by atoms with Gasteiger partial charge in [0.05, 0.1) is 11.0 Å². The molecule has 0 radical (unpaired) electrons. The van der Waals surface area contributed by atoms with Crippen LogP contribution in [0.1, 0.15) is 23.0 Å². The second-order valence-corrected chi connectivity index (χ2v) is 5.39. The molecular formula is C13H16N2O2S. The van der Waals surface area contributed by atoms with Crippen molar-refractivity contribution in [1.29, 1.82) is 0 Å². The van der Waals surface area contributed by atoms with Gasteiger partial charge < -0.3 is 16.2 Å². The molecule has 1 atom stereocenters. The number of amides is 1. The van der Waals surface area contributed by atoms with Crippen LogP contribution >= 0.6 is 11.3 Å². The average Bonchev–Trinajstić information content (AvgIpc) is 2.71. The monoisotopic (exact) mass is 264 g/mol. The number of hydrogen-bond acceptors (Lipinski definition) is 4. The van der Waals surface area contributed by atoms with Crippen LogP contribution in [0.25, 0.3) is 10.1 Å². The van der Waals surface area contributed by atoms with Crippen LogP contribution in [0.5, 0.6) is 0 Å². The molecule has 1 heterocycles. The van der Waals surface area contributed by atoms with Crippen molar-refractivity contribution in [3.8, 4) is 0 Å². The minimum absolute atomic E-state index is 0.101. The molecule has 2 aromatic rings. The lowest BCUT2D eigenvalue weighted by molar-refractivity contribution is 0.0949. The first-order valence-corrected chi connectivity index (χ1v) is 6.63. The minimum Gasteiger partial charge on any atom is -0.399 e. The van der Waals surface area contributed by atoms with Gasteiger partial charge in [0.2, 0.25) is 0 Å². The van der Waals surface area contributed by atoms with E-state index in [0.29, 0.717) is 23.5 Å². The summed E-state index contributed by atoms with van der Waals surface area (Å²) in [7, 11) is 0. The van der Waals surface area contributed by atoms with E-state index in [-0.39, 0.29) is 5.91 Å². The largest absolute Gasteiger partial charge is 0.399 e. The van der Waals surface area contributed by atoms with Gasteiger partial charge in [0.1, 0.15) is 0 Å². The van der Waals surface area contributed by atoms with E-state index in [2.05, 4.69) is 5.32 Å². The Bertz CT molecular complexity index is 563. The molecule has 1 aromatic carbocycles. The summed E-state index contributed by atoms with van der Waals surface area (Å²) >= 11 is 1.44. The lowest BCUT2D eigenvalue weighted by atomic mass is 10.2. The summed E-state index contributed by atoms with van der Waals surface area (Å²) < 4.78 is 1.05. The Kier molecular flexibility index (Phi) is 3.84. The number of nitrogens with two attached hydrogens (primary N) is 1. The fraction of sp³-hybridized carbons (Fsp3) is 0.308. The number of hydrogen-bond donors (Lipinski definition) is 3. The quantitative estimate of drug-likeness (QED) is 0.739. The molecule has 0 fully saturated rings. The second-order valence-electron chi connectivity index (χ2n) is 4.30. The van der Waals surface area contributed by atoms with Gasteiger partial charge in [0.15, 0.2) is 0 Å². The zero-order chi connectivity index (χ0) is 13.1. The highest BCUT2D eigenvalue weighted by atomic mass is 32.1. The van der Waals surface area contributed by atoms with Gasteiger partial charge in [0, 0.05) is 16.9 Å². The van der Waals surface area contributed by atoms with Gasteiger partial charge in [-0.2, -0.15) is 0 Å². The van der Waals surface area contributed by atoms with Gasteiger partial charge in [-0.05, 0) is 43.0 Å². The third-order valence-electron chi connectivity index (χ3n) is 2.61. The summed E-state index contributed by atoms with van der Waals surface area (Å²) in [6, 6.07) is 7.45. The predicted molar refractivity (Wildman–Crippen MR) is 74.9 cm³/mol. The van der Waals surface area contributed by atoms with E-state index in [0.717, 1.165) is 10.1 Å². The number of rotatable bonds is 4. The molecule has 96 valence electrons. The Morgan fingerprint density at radius 1 is 1.50 bits per heavy atom. The Morgan fingerprint density at radius 3 is 3.00 bits per heavy atom. The summed E-state index contributed by atoms with van der Waals surface area (Å²) in [6.45, 7) is 2.18. The fourth-order valence-electron chi connectivity index (χ4n) is 1.66. The van der Waals surface area contributed by atoms with Crippen LogP contribution in [0.2, 0.25) is 0 Å². The molecule has 2 rings (SSSR count). The Labute approximate surface area is 109 Å². The van der Waals surface area contributed by atoms with Crippen molar-refractivity contribution in [3.63, 3.8) is 0 Å². The number of aliphatic hydroxyl groups is 1. The van der Waals surface area contributed by atoms with Gasteiger partial charge in [0.25, 0.3) is 5.91 Å². The Morgan fingerprint density at radius 2 is 2.28 bits per heavy atom. The second kappa shape index (κ2) is 5.37. The number of fused-ring (bicyclic) bond motifs is 1. The number of benzene rings is 1. The van der Waals surface area contributed by atoms with Gasteiger partial charge >= 0.3 is 0 Å². The third-order valence-corrected chi connectivity index (χ3v) is 3.73. The number of nitrogen functional groups attached to an aromatic ring is 1. The van der Waals surface area contributed by atoms with E-state index < -0.39 is 6.10 Å². The normalized spacial score (nSPS) is 12.6. The molecule has 4 N–H and O–H groups in total. The van der Waals surface area contributed by atoms with Gasteiger partial charge in [-0.25, -0.2) is 0 Å². The maximum atomic E-state index is 11.9. The number of carbonyl (C=O) groups is 1. The van der Waals surface area contributed by atoms with Crippen molar-refractivity contribution in [2.75, 3.05) is 12.3 Å². The van der Waals surface area contributed by atoms with Crippen LogP contribution in [0.3, 0.4) is 0 Å². The van der Waals surface area contributed by atoms with Crippen molar-refractivity contribution < 1.29 is 9.90 Å². The van der Waals surface area contributed by atoms with Crippen molar-refractivity contribution in [2.24, 2.45) is 0 Å². The molecule has 4 nitrogen and oxygen atoms in total. The van der Waals surface area contributed by atoms with Crippen LogP contribution in [-0.4, -0.2) is 23.7 Å². The zero-order valence-electron chi connectivity index (χ0n) is 10.1. The van der Waals surface area contributed by atoms with E-state index in [1.54, 1.807) is 6.92 Å². The number of anilines is 1. The molecule has 1 aromatic heterocycles. The molecule has 5 heteroatoms. The van der Waals surface area contributed by atoms with E-state index in [1.807, 2.05) is 24.3 Å². The number of nitrogens with one attached hydrogen (secondary N) is 1. The average molecular weight is 264 g/mol. The molecule has 18 heavy (non-hydrogen) atoms. The molecule has 0 aliphatic carbocycles. The Balaban J connectivity index is 2.08. The Hall–Kier alpha value is -1.59. The molecule has 1 unspecified atom stereocenters. The predicted octanol–water partition coefficient (Wildman–Crippen LogP) is 1.98. The van der Waals surface area contributed by atoms with Crippen molar-refractivity contribution >= 4 is 33.0 Å². The molecule has 0 aliphatic rings. The highest BCUT2D eigenvalue weighted by Gasteiger charge is 2.10. The summed E-state index contributed by atoms with van der Waals surface area (Å²) in [6.07, 6.45) is 0.163. The molecule has 1 amide bonds. The van der Waals surface area contributed by atoms with Crippen molar-refractivity contribution in [1.82, 2.24) is 5.32 Å². The smallest absolute Gasteiger partial charge is 0.261 e. The van der Waals surface area contributed by atoms with Gasteiger partial charge in [-0.1, -0.05) is 0 Å². The highest BCUT2D eigenvalue weighted by Crippen LogP contribution is 2.27. The topological polar surface area (TPSA) is 75.3 Å². The molecule has 0 saturated carbocycles. The molecule has 0 bridgehead atoms. The van der Waals surface area contributed by atoms with Crippen LogP contribution < -0.4 is 11.1 Å². The fourth-order valence-corrected chi connectivity index (χ4v) is 2.61. The molecular weight excluding hydrogens is 248 g/mol. The lowest BCUT2D eigenvalue weighted by Crippen LogP contribution is -2.25. The summed E-state index contributed by atoms with van der Waals surface area (Å²) in [5.74, 6) is -0.101. The van der Waals surface area contributed by atoms with E-state index >= 15 is 0 Å². The van der Waals surface area contributed by atoms with Crippen molar-refractivity contribution in [3.05, 3.63) is 29.1 Å². The van der Waals surface area contributed by atoms with E-state index in [9.17, 15) is 4.79 Å². The van der Waals surface area contributed by atoms with E-state index in [4.69, 9.17) is 10.8 Å². The lowest BCUT2D eigenvalue weighted by Gasteiger charge is -2.04. The maximum Gasteiger partial charge on any atom is 0.261 e. The molecule has 0 saturated heterocycles. The summed E-state index contributed by atoms with van der Waals surface area (Å²) in [4.78, 5) is 12.5. The minimum atomic E-state index is -0.396. The highest BCUT2D eigenvalue weighted by molar-refractivity contribution is 7.20. The van der Waals surface area contributed by atoms with Crippen LogP contribution in [-0.2, 0) is 0 Å². The maximum absolute atomic E-state index is 11.9. The van der Waals surface area contributed by atoms with Crippen LogP contribution in [0.15, 0.2) is 24.3 Å². The first kappa shape index (κ1) is 12.9. The third kappa shape index (κ3) is 3.00. The number of carbonyl (C=O) groups excluding carboxylic acids is 1. The van der Waals surface area contributed by atoms with Gasteiger partial charge in [-0.15, -0.1) is 11.3 Å². The van der Waals surface area contributed by atoms with Crippen molar-refractivity contribution in [2.45, 2.75) is 19.4 Å². The van der Waals surface area contributed by atoms with Crippen LogP contribution in [0, 0.1) is 0 Å². The molecule has 0 aliphatic heterocycles. The summed E-state index contributed by atoms with van der Waals surface area (Å²) in [5, 5.41) is 12.9. The first-order valence-electron chi connectivity index (χ1n) is 5.81. The number of aliphatic hydroxyl groups excluding tert-OH is 1. The first-order chi connectivity index (χ1) is 8.56. The van der Waals surface area contributed by atoms with Crippen LogP contribution in [0.4, 0.5) is 5.69 Å². The standard InChI is InChI=1S/C13H16N2O2S/c1-8(16)4-5-15-13(17)12-7-9-6-10(14)2-3-11(9)18-12/h2-3,6-8,16H,4-5,14H2,1H3,(H,15,17). The summed E-state index contributed by atoms with van der Waals surface area (Å²) in [5.41, 5.74) is 6.39. The number of thiophene rings is 1. The van der Waals surface area contributed by atoms with E-state index in [1.165, 1.54) is 11.3 Å².